The van der Waals surface area contributed by atoms with E-state index in [4.69, 9.17) is 0 Å². The Kier molecular flexibility index (Phi) is 14.2. The summed E-state index contributed by atoms with van der Waals surface area (Å²) in [6.07, 6.45) is 15.8. The third kappa shape index (κ3) is 9.14. The molecule has 0 saturated heterocycles. The molecule has 0 fully saturated rings. The van der Waals surface area contributed by atoms with Crippen molar-refractivity contribution in [1.82, 2.24) is 0 Å². The van der Waals surface area contributed by atoms with Crippen LogP contribution in [0.25, 0.3) is 0 Å². The second-order valence-electron chi connectivity index (χ2n) is 5.36. The van der Waals surface area contributed by atoms with Crippen molar-refractivity contribution in [1.29, 1.82) is 0 Å². The highest BCUT2D eigenvalue weighted by atomic mass is 32.1. The number of unbranched alkanes of at least 4 members (excludes halogenated alkanes) is 9. The maximum Gasteiger partial charge on any atom is 0.160 e. The molecular weight excluding hydrogens is 277 g/mol. The molecule has 0 aromatic carbocycles. The van der Waals surface area contributed by atoms with Crippen molar-refractivity contribution in [2.24, 2.45) is 0 Å². The van der Waals surface area contributed by atoms with Crippen LogP contribution in [0.1, 0.15) is 86.4 Å². The molecule has 110 valence electrons. The van der Waals surface area contributed by atoms with E-state index in [1.54, 1.807) is 11.3 Å². The van der Waals surface area contributed by atoms with Gasteiger partial charge in [-0.05, 0) is 29.9 Å². The van der Waals surface area contributed by atoms with Gasteiger partial charge in [-0.3, -0.25) is 4.79 Å². The first-order valence-corrected chi connectivity index (χ1v) is 8.78. The quantitative estimate of drug-likeness (QED) is 0.277. The van der Waals surface area contributed by atoms with Gasteiger partial charge in [0.15, 0.2) is 6.29 Å². The van der Waals surface area contributed by atoms with Crippen LogP contribution in [0.5, 0.6) is 0 Å². The Balaban J connectivity index is 0.00000361. The number of hydrogen-bond acceptors (Lipinski definition) is 2. The molecule has 0 aliphatic rings. The fourth-order valence-corrected chi connectivity index (χ4v) is 3.22. The third-order valence-electron chi connectivity index (χ3n) is 3.69. The van der Waals surface area contributed by atoms with E-state index in [1.165, 1.54) is 69.8 Å². The second-order valence-corrected chi connectivity index (χ2v) is 6.31. The molecule has 1 heterocycles. The van der Waals surface area contributed by atoms with Gasteiger partial charge in [-0.15, -0.1) is 11.3 Å². The van der Waals surface area contributed by atoms with Gasteiger partial charge in [-0.25, -0.2) is 0 Å². The van der Waals surface area contributed by atoms with Gasteiger partial charge >= 0.3 is 0 Å². The first kappa shape index (κ1) is 20.1. The van der Waals surface area contributed by atoms with E-state index in [2.05, 4.69) is 13.0 Å². The predicted molar refractivity (Wildman–Crippen MR) is 91.0 cm³/mol. The highest BCUT2D eigenvalue weighted by molar-refractivity contribution is 7.11. The summed E-state index contributed by atoms with van der Waals surface area (Å²) in [5.74, 6) is 0. The summed E-state index contributed by atoms with van der Waals surface area (Å²) >= 11 is 1.56. The Morgan fingerprint density at radius 2 is 1.50 bits per heavy atom. The summed E-state index contributed by atoms with van der Waals surface area (Å²) in [4.78, 5) is 11.7. The molecule has 1 aromatic heterocycles. The Bertz CT molecular complexity index is 335. The molecule has 0 N–H and O–H groups in total. The molecule has 0 bridgehead atoms. The van der Waals surface area contributed by atoms with E-state index in [0.717, 1.165) is 17.6 Å². The molecule has 0 atom stereocenters. The van der Waals surface area contributed by atoms with Crippen molar-refractivity contribution in [2.75, 3.05) is 0 Å². The molecule has 0 aliphatic heterocycles. The monoisotopic (exact) mass is 304 g/mol. The van der Waals surface area contributed by atoms with Crippen LogP contribution in [0.3, 0.4) is 0 Å². The van der Waals surface area contributed by atoms with Crippen LogP contribution in [0.15, 0.2) is 11.4 Å². The standard InChI is InChI=1S/C17H28OS.Mg/c1-2-3-4-5-6-7-8-9-10-11-12-16-13-14-19-17(16)15-18;/h13-15H,2-12H2,1H3;. The normalized spacial score (nSPS) is 10.2. The van der Waals surface area contributed by atoms with Gasteiger partial charge in [0.25, 0.3) is 0 Å². The summed E-state index contributed by atoms with van der Waals surface area (Å²) in [6, 6.07) is 2.10. The summed E-state index contributed by atoms with van der Waals surface area (Å²) in [5.41, 5.74) is 1.25. The average Bonchev–Trinajstić information content (AvgIpc) is 2.88. The molecule has 0 saturated carbocycles. The van der Waals surface area contributed by atoms with Crippen LogP contribution < -0.4 is 0 Å². The minimum atomic E-state index is 0. The number of rotatable bonds is 12. The topological polar surface area (TPSA) is 17.1 Å². The lowest BCUT2D eigenvalue weighted by molar-refractivity contribution is 0.112. The lowest BCUT2D eigenvalue weighted by Crippen LogP contribution is -1.88. The molecule has 0 unspecified atom stereocenters. The van der Waals surface area contributed by atoms with Crippen LogP contribution in [0.4, 0.5) is 0 Å². The fourth-order valence-electron chi connectivity index (χ4n) is 2.46. The van der Waals surface area contributed by atoms with E-state index in [0.29, 0.717) is 0 Å². The SMILES string of the molecule is CCCCCCCCCCCCc1ccsc1C=O.[Mg]. The van der Waals surface area contributed by atoms with Gasteiger partial charge in [-0.2, -0.15) is 0 Å². The minimum absolute atomic E-state index is 0. The van der Waals surface area contributed by atoms with Gasteiger partial charge in [0.1, 0.15) is 0 Å². The highest BCUT2D eigenvalue weighted by Crippen LogP contribution is 2.18. The molecule has 3 heteroatoms. The molecule has 1 aromatic rings. The zero-order chi connectivity index (χ0) is 13.8. The lowest BCUT2D eigenvalue weighted by Gasteiger charge is -2.02. The molecule has 0 aliphatic carbocycles. The van der Waals surface area contributed by atoms with Crippen LogP contribution in [-0.4, -0.2) is 29.3 Å². The molecule has 0 amide bonds. The first-order chi connectivity index (χ1) is 9.38. The van der Waals surface area contributed by atoms with Crippen LogP contribution >= 0.6 is 11.3 Å². The number of carbonyl (C=O) groups is 1. The summed E-state index contributed by atoms with van der Waals surface area (Å²) in [7, 11) is 0. The van der Waals surface area contributed by atoms with E-state index in [1.807, 2.05) is 5.38 Å². The minimum Gasteiger partial charge on any atom is -0.297 e. The molecule has 0 spiro atoms. The smallest absolute Gasteiger partial charge is 0.160 e. The highest BCUT2D eigenvalue weighted by Gasteiger charge is 2.02. The molecule has 1 rings (SSSR count). The Hall–Kier alpha value is 0.136. The maximum atomic E-state index is 10.8. The Labute approximate surface area is 144 Å². The van der Waals surface area contributed by atoms with Crippen LogP contribution in [-0.2, 0) is 6.42 Å². The maximum absolute atomic E-state index is 10.8. The molecular formula is C17H28MgOS. The molecule has 20 heavy (non-hydrogen) atoms. The number of thiophene rings is 1. The molecule has 1 nitrogen and oxygen atoms in total. The van der Waals surface area contributed by atoms with Gasteiger partial charge in [0.05, 0.1) is 4.88 Å². The number of aryl methyl sites for hydroxylation is 1. The second kappa shape index (κ2) is 14.1. The third-order valence-corrected chi connectivity index (χ3v) is 4.57. The van der Waals surface area contributed by atoms with Crippen molar-refractivity contribution < 1.29 is 4.79 Å². The van der Waals surface area contributed by atoms with E-state index < -0.39 is 0 Å². The summed E-state index contributed by atoms with van der Waals surface area (Å²) in [5, 5.41) is 2.02. The summed E-state index contributed by atoms with van der Waals surface area (Å²) < 4.78 is 0. The molecule has 2 radical (unpaired) electrons. The van der Waals surface area contributed by atoms with Crippen molar-refractivity contribution in [3.8, 4) is 0 Å². The number of aldehydes is 1. The van der Waals surface area contributed by atoms with Gasteiger partial charge in [0.2, 0.25) is 0 Å². The average molecular weight is 305 g/mol. The van der Waals surface area contributed by atoms with Crippen LogP contribution in [0, 0.1) is 0 Å². The first-order valence-electron chi connectivity index (χ1n) is 7.90. The van der Waals surface area contributed by atoms with Crippen molar-refractivity contribution in [3.05, 3.63) is 21.9 Å². The lowest BCUT2D eigenvalue weighted by atomic mass is 10.0. The number of carbonyl (C=O) groups excluding carboxylic acids is 1. The number of hydrogen-bond donors (Lipinski definition) is 0. The Morgan fingerprint density at radius 3 is 2.05 bits per heavy atom. The van der Waals surface area contributed by atoms with E-state index in [-0.39, 0.29) is 23.1 Å². The van der Waals surface area contributed by atoms with E-state index in [9.17, 15) is 4.79 Å². The van der Waals surface area contributed by atoms with E-state index >= 15 is 0 Å². The summed E-state index contributed by atoms with van der Waals surface area (Å²) in [6.45, 7) is 2.27. The Morgan fingerprint density at radius 1 is 0.950 bits per heavy atom. The zero-order valence-corrected chi connectivity index (χ0v) is 15.3. The van der Waals surface area contributed by atoms with Crippen molar-refractivity contribution in [2.45, 2.75) is 77.6 Å². The largest absolute Gasteiger partial charge is 0.297 e. The predicted octanol–water partition coefficient (Wildman–Crippen LogP) is 5.64. The van der Waals surface area contributed by atoms with Crippen LogP contribution in [0.2, 0.25) is 0 Å². The fraction of sp³-hybridized carbons (Fsp3) is 0.706. The van der Waals surface area contributed by atoms with Gasteiger partial charge in [0, 0.05) is 23.1 Å². The van der Waals surface area contributed by atoms with Gasteiger partial charge in [-0.1, -0.05) is 64.7 Å². The van der Waals surface area contributed by atoms with Gasteiger partial charge < -0.3 is 0 Å². The van der Waals surface area contributed by atoms with Crippen molar-refractivity contribution >= 4 is 40.7 Å². The zero-order valence-electron chi connectivity index (χ0n) is 13.0. The van der Waals surface area contributed by atoms with Crippen molar-refractivity contribution in [3.63, 3.8) is 0 Å².